The predicted molar refractivity (Wildman–Crippen MR) is 206 cm³/mol. The van der Waals surface area contributed by atoms with Gasteiger partial charge in [0.25, 0.3) is 10.0 Å². The molecular formula is C40H58N4O7S2. The number of urea groups is 1. The number of nitrogens with one attached hydrogen (secondary N) is 2. The van der Waals surface area contributed by atoms with Crippen molar-refractivity contribution in [2.24, 2.45) is 29.1 Å². The molecule has 6 atom stereocenters. The van der Waals surface area contributed by atoms with Crippen LogP contribution in [0, 0.1) is 41.4 Å². The fraction of sp³-hybridized carbons (Fsp3) is 0.675. The number of allylic oxidation sites excluding steroid dienone is 1. The Morgan fingerprint density at radius 3 is 2.43 bits per heavy atom. The fourth-order valence-corrected chi connectivity index (χ4v) is 10.7. The minimum Gasteiger partial charge on any atom is -0.334 e. The molecule has 2 aliphatic carbocycles. The predicted octanol–water partition coefficient (Wildman–Crippen LogP) is 5.75. The average Bonchev–Trinajstić information content (AvgIpc) is 3.89. The Labute approximate surface area is 320 Å². The van der Waals surface area contributed by atoms with Gasteiger partial charge in [-0.3, -0.25) is 19.2 Å². The molecular weight excluding hydrogens is 713 g/mol. The number of likely N-dealkylation sites (N-methyl/N-ethyl adjacent to an activating group) is 1. The molecule has 53 heavy (non-hydrogen) atoms. The summed E-state index contributed by atoms with van der Waals surface area (Å²) in [6, 6.07) is 0.404. The molecule has 292 valence electrons. The Morgan fingerprint density at radius 2 is 1.81 bits per heavy atom. The lowest BCUT2D eigenvalue weighted by Gasteiger charge is -2.37. The van der Waals surface area contributed by atoms with Crippen molar-refractivity contribution in [3.8, 4) is 12.3 Å². The largest absolute Gasteiger partial charge is 0.334 e. The van der Waals surface area contributed by atoms with Crippen molar-refractivity contribution >= 4 is 50.6 Å². The third-order valence-electron chi connectivity index (χ3n) is 11.4. The van der Waals surface area contributed by atoms with E-state index in [1.807, 2.05) is 20.8 Å². The van der Waals surface area contributed by atoms with E-state index >= 15 is 0 Å². The standard InChI is InChI=1S/C40H58N4O7S2/c1-7-9-16-28(37(47)31(45)21-10-8-2)24-32(46)36-30-20-14-19-29(30)25-44(36)38(48)35(27-17-12-11-13-18-27)42-39(49)41-33(40(3,4)5)26-43(6)53(50,51)34-22-15-23-52-34/h1,8,15,22-23,27-30,33,35-36H,2,9-14,16-21,24-26H2,3-6H3,(H2,41,42,49)/t28?,29-,30-,33+,35-,36-/m0/s1. The second kappa shape index (κ2) is 18.8. The highest BCUT2D eigenvalue weighted by molar-refractivity contribution is 7.91. The molecule has 2 saturated carbocycles. The van der Waals surface area contributed by atoms with Crippen molar-refractivity contribution in [3.05, 3.63) is 30.2 Å². The maximum absolute atomic E-state index is 14.8. The molecule has 4 rings (SSSR count). The first-order valence-corrected chi connectivity index (χ1v) is 21.4. The van der Waals surface area contributed by atoms with Crippen molar-refractivity contribution in [2.75, 3.05) is 20.1 Å². The number of fused-ring (bicyclic) bond motifs is 1. The number of Topliss-reactive ketones (excluding diaryl/α,β-unsaturated/α-hetero) is 3. The van der Waals surface area contributed by atoms with Crippen molar-refractivity contribution < 1.29 is 32.4 Å². The van der Waals surface area contributed by atoms with Gasteiger partial charge >= 0.3 is 6.03 Å². The first-order valence-electron chi connectivity index (χ1n) is 19.1. The molecule has 1 aliphatic heterocycles. The van der Waals surface area contributed by atoms with E-state index in [2.05, 4.69) is 23.1 Å². The maximum Gasteiger partial charge on any atom is 0.315 e. The number of rotatable bonds is 18. The topological polar surface area (TPSA) is 150 Å². The van der Waals surface area contributed by atoms with Gasteiger partial charge in [-0.15, -0.1) is 30.3 Å². The summed E-state index contributed by atoms with van der Waals surface area (Å²) in [6.07, 6.45) is 14.7. The number of nitrogens with zero attached hydrogens (tertiary/aromatic N) is 2. The van der Waals surface area contributed by atoms with Gasteiger partial charge in [0.1, 0.15) is 10.3 Å². The first kappa shape index (κ1) is 42.4. The number of likely N-dealkylation sites (tertiary alicyclic amines) is 1. The summed E-state index contributed by atoms with van der Waals surface area (Å²) in [4.78, 5) is 70.6. The Kier molecular flexibility index (Phi) is 15.0. The summed E-state index contributed by atoms with van der Waals surface area (Å²) < 4.78 is 27.9. The lowest BCUT2D eigenvalue weighted by molar-refractivity contribution is -0.143. The molecule has 2 N–H and O–H groups in total. The van der Waals surface area contributed by atoms with Crippen LogP contribution in [0.5, 0.6) is 0 Å². The SMILES string of the molecule is C#CCCC(CC(=O)[C@@H]1[C@H]2CCC[C@H]2CN1C(=O)[C@@H](NC(=O)N[C@H](CN(C)S(=O)(=O)c1cccs1)C(C)(C)C)C1CCCCC1)C(=O)C(=O)CCC=C. The molecule has 1 saturated heterocycles. The molecule has 0 spiro atoms. The second-order valence-corrected chi connectivity index (χ2v) is 19.4. The molecule has 13 heteroatoms. The average molecular weight is 771 g/mol. The summed E-state index contributed by atoms with van der Waals surface area (Å²) in [5, 5.41) is 7.70. The van der Waals surface area contributed by atoms with E-state index in [0.717, 1.165) is 62.7 Å². The van der Waals surface area contributed by atoms with E-state index < -0.39 is 57.1 Å². The summed E-state index contributed by atoms with van der Waals surface area (Å²) in [7, 11) is -2.28. The lowest BCUT2D eigenvalue weighted by atomic mass is 9.82. The van der Waals surface area contributed by atoms with Crippen molar-refractivity contribution in [3.63, 3.8) is 0 Å². The number of ketones is 3. The van der Waals surface area contributed by atoms with E-state index in [-0.39, 0.29) is 65.9 Å². The van der Waals surface area contributed by atoms with Crippen LogP contribution in [0.25, 0.3) is 0 Å². The number of amides is 3. The van der Waals surface area contributed by atoms with Crippen LogP contribution in [0.4, 0.5) is 4.79 Å². The van der Waals surface area contributed by atoms with E-state index in [9.17, 15) is 32.4 Å². The van der Waals surface area contributed by atoms with E-state index in [1.54, 1.807) is 28.5 Å². The number of terminal acetylenes is 1. The van der Waals surface area contributed by atoms with Gasteiger partial charge in [0.05, 0.1) is 6.04 Å². The number of hydrogen-bond acceptors (Lipinski definition) is 8. The number of sulfonamides is 1. The lowest BCUT2D eigenvalue weighted by Crippen LogP contribution is -2.60. The van der Waals surface area contributed by atoms with Crippen LogP contribution >= 0.6 is 11.3 Å². The van der Waals surface area contributed by atoms with Gasteiger partial charge in [0.15, 0.2) is 11.6 Å². The summed E-state index contributed by atoms with van der Waals surface area (Å²) in [5.41, 5.74) is -0.536. The van der Waals surface area contributed by atoms with Gasteiger partial charge in [-0.25, -0.2) is 13.2 Å². The van der Waals surface area contributed by atoms with Crippen molar-refractivity contribution in [1.82, 2.24) is 19.8 Å². The Bertz CT molecular complexity index is 1620. The van der Waals surface area contributed by atoms with Gasteiger partial charge in [-0.2, -0.15) is 4.31 Å². The Morgan fingerprint density at radius 1 is 1.09 bits per heavy atom. The van der Waals surface area contributed by atoms with Gasteiger partial charge < -0.3 is 15.5 Å². The third kappa shape index (κ3) is 10.7. The highest BCUT2D eigenvalue weighted by Gasteiger charge is 2.51. The van der Waals surface area contributed by atoms with Crippen LogP contribution in [0.3, 0.4) is 0 Å². The molecule has 3 aliphatic rings. The zero-order valence-corrected chi connectivity index (χ0v) is 33.4. The highest BCUT2D eigenvalue weighted by Crippen LogP contribution is 2.44. The van der Waals surface area contributed by atoms with Crippen LogP contribution in [-0.2, 0) is 29.2 Å². The van der Waals surface area contributed by atoms with Crippen LogP contribution in [0.1, 0.15) is 104 Å². The van der Waals surface area contributed by atoms with Gasteiger partial charge in [0.2, 0.25) is 11.7 Å². The van der Waals surface area contributed by atoms with Crippen LogP contribution in [-0.4, -0.2) is 85.2 Å². The fourth-order valence-electron chi connectivity index (χ4n) is 8.30. The molecule has 0 aromatic carbocycles. The Balaban J connectivity index is 1.56. The zero-order chi connectivity index (χ0) is 38.9. The number of carbonyl (C=O) groups is 5. The molecule has 0 radical (unpaired) electrons. The van der Waals surface area contributed by atoms with Crippen LogP contribution < -0.4 is 10.6 Å². The molecule has 1 unspecified atom stereocenters. The van der Waals surface area contributed by atoms with E-state index in [0.29, 0.717) is 13.0 Å². The summed E-state index contributed by atoms with van der Waals surface area (Å²) in [6.45, 7) is 9.79. The van der Waals surface area contributed by atoms with Gasteiger partial charge in [0, 0.05) is 51.4 Å². The molecule has 2 heterocycles. The maximum atomic E-state index is 14.8. The number of carbonyl (C=O) groups excluding carboxylic acids is 5. The quantitative estimate of drug-likeness (QED) is 0.110. The number of hydrogen-bond donors (Lipinski definition) is 2. The van der Waals surface area contributed by atoms with Gasteiger partial charge in [-0.1, -0.05) is 58.6 Å². The van der Waals surface area contributed by atoms with E-state index in [4.69, 9.17) is 6.42 Å². The molecule has 0 bridgehead atoms. The van der Waals surface area contributed by atoms with Crippen LogP contribution in [0.15, 0.2) is 34.4 Å². The first-order chi connectivity index (χ1) is 25.1. The van der Waals surface area contributed by atoms with Gasteiger partial charge in [-0.05, 0) is 73.1 Å². The molecule has 1 aromatic heterocycles. The normalized spacial score (nSPS) is 22.3. The van der Waals surface area contributed by atoms with Crippen molar-refractivity contribution in [1.29, 1.82) is 0 Å². The third-order valence-corrected chi connectivity index (χ3v) is 14.6. The highest BCUT2D eigenvalue weighted by atomic mass is 32.2. The van der Waals surface area contributed by atoms with Crippen LogP contribution in [0.2, 0.25) is 0 Å². The van der Waals surface area contributed by atoms with Crippen molar-refractivity contribution in [2.45, 2.75) is 127 Å². The number of thiophene rings is 1. The Hall–Kier alpha value is -3.34. The smallest absolute Gasteiger partial charge is 0.315 e. The summed E-state index contributed by atoms with van der Waals surface area (Å²) in [5.74, 6) is -0.0946. The minimum absolute atomic E-state index is 0.0148. The van der Waals surface area contributed by atoms with E-state index in [1.165, 1.54) is 11.4 Å². The monoisotopic (exact) mass is 770 g/mol. The molecule has 3 fully saturated rings. The summed E-state index contributed by atoms with van der Waals surface area (Å²) >= 11 is 1.13. The zero-order valence-electron chi connectivity index (χ0n) is 31.8. The molecule has 1 aromatic rings. The molecule has 3 amide bonds. The second-order valence-electron chi connectivity index (χ2n) is 16.1. The minimum atomic E-state index is -3.77. The molecule has 11 nitrogen and oxygen atoms in total.